The molecule has 0 saturated heterocycles. The summed E-state index contributed by atoms with van der Waals surface area (Å²) >= 11 is 7.52. The van der Waals surface area contributed by atoms with Crippen LogP contribution in [0, 0.1) is 0 Å². The Bertz CT molecular complexity index is 520. The van der Waals surface area contributed by atoms with Gasteiger partial charge in [-0.05, 0) is 31.5 Å². The fourth-order valence-corrected chi connectivity index (χ4v) is 3.08. The topological polar surface area (TPSA) is 55.9 Å². The molecular formula is C12H17ClN4S. The molecule has 2 aromatic heterocycles. The molecule has 1 atom stereocenters. The van der Waals surface area contributed by atoms with Crippen LogP contribution in [-0.2, 0) is 13.0 Å². The fourth-order valence-electron chi connectivity index (χ4n) is 1.94. The van der Waals surface area contributed by atoms with E-state index in [-0.39, 0.29) is 6.04 Å². The number of rotatable bonds is 5. The third-order valence-corrected chi connectivity index (χ3v) is 4.16. The van der Waals surface area contributed by atoms with E-state index in [1.54, 1.807) is 0 Å². The predicted molar refractivity (Wildman–Crippen MR) is 75.8 cm³/mol. The summed E-state index contributed by atoms with van der Waals surface area (Å²) in [6.45, 7) is 5.00. The Hall–Kier alpha value is -0.880. The number of halogens is 1. The molecular weight excluding hydrogens is 268 g/mol. The summed E-state index contributed by atoms with van der Waals surface area (Å²) < 4.78 is 2.75. The van der Waals surface area contributed by atoms with Gasteiger partial charge in [0.05, 0.1) is 21.8 Å². The lowest BCUT2D eigenvalue weighted by atomic mass is 10.1. The third kappa shape index (κ3) is 2.59. The van der Waals surface area contributed by atoms with Crippen molar-refractivity contribution in [3.05, 3.63) is 38.8 Å². The molecule has 2 heterocycles. The Labute approximate surface area is 116 Å². The first-order chi connectivity index (χ1) is 8.69. The zero-order chi connectivity index (χ0) is 13.1. The molecule has 0 bridgehead atoms. The van der Waals surface area contributed by atoms with E-state index in [4.69, 9.17) is 17.4 Å². The average Bonchev–Trinajstić information content (AvgIpc) is 2.97. The minimum absolute atomic E-state index is 0.0600. The van der Waals surface area contributed by atoms with Crippen molar-refractivity contribution in [2.24, 2.45) is 5.84 Å². The molecule has 0 saturated carbocycles. The zero-order valence-electron chi connectivity index (χ0n) is 10.5. The number of aromatic nitrogens is 2. The van der Waals surface area contributed by atoms with Crippen LogP contribution in [0.2, 0.25) is 4.34 Å². The Morgan fingerprint density at radius 2 is 2.28 bits per heavy atom. The van der Waals surface area contributed by atoms with Crippen molar-refractivity contribution in [1.82, 2.24) is 15.2 Å². The van der Waals surface area contributed by atoms with Gasteiger partial charge in [-0.15, -0.1) is 11.3 Å². The van der Waals surface area contributed by atoms with Crippen LogP contribution < -0.4 is 11.3 Å². The number of hydrogen-bond donors (Lipinski definition) is 2. The van der Waals surface area contributed by atoms with Crippen LogP contribution in [0.15, 0.2) is 18.2 Å². The second-order valence-electron chi connectivity index (χ2n) is 3.97. The van der Waals surface area contributed by atoms with Crippen molar-refractivity contribution in [1.29, 1.82) is 0 Å². The fraction of sp³-hybridized carbons (Fsp3) is 0.417. The molecule has 0 aliphatic heterocycles. The van der Waals surface area contributed by atoms with E-state index in [0.29, 0.717) is 0 Å². The minimum Gasteiger partial charge on any atom is -0.270 e. The Kier molecular flexibility index (Phi) is 4.40. The van der Waals surface area contributed by atoms with Crippen LogP contribution in [-0.4, -0.2) is 9.78 Å². The van der Waals surface area contributed by atoms with Crippen molar-refractivity contribution in [2.75, 3.05) is 0 Å². The van der Waals surface area contributed by atoms with E-state index in [1.165, 1.54) is 11.3 Å². The normalized spacial score (nSPS) is 12.9. The van der Waals surface area contributed by atoms with Crippen LogP contribution in [0.4, 0.5) is 0 Å². The van der Waals surface area contributed by atoms with E-state index < -0.39 is 0 Å². The van der Waals surface area contributed by atoms with Gasteiger partial charge in [0.25, 0.3) is 0 Å². The highest BCUT2D eigenvalue weighted by Crippen LogP contribution is 2.31. The average molecular weight is 285 g/mol. The molecule has 98 valence electrons. The molecule has 0 fully saturated rings. The largest absolute Gasteiger partial charge is 0.270 e. The molecule has 6 heteroatoms. The summed E-state index contributed by atoms with van der Waals surface area (Å²) in [7, 11) is 0. The van der Waals surface area contributed by atoms with E-state index >= 15 is 0 Å². The SMILES string of the molecule is CCc1cc(C(NN)c2ccc(Cl)s2)n(CC)n1. The highest BCUT2D eigenvalue weighted by Gasteiger charge is 2.19. The Morgan fingerprint density at radius 3 is 2.78 bits per heavy atom. The van der Waals surface area contributed by atoms with Gasteiger partial charge in [0, 0.05) is 11.4 Å². The third-order valence-electron chi connectivity index (χ3n) is 2.86. The molecule has 4 nitrogen and oxygen atoms in total. The summed E-state index contributed by atoms with van der Waals surface area (Å²) in [5.74, 6) is 5.69. The highest BCUT2D eigenvalue weighted by molar-refractivity contribution is 7.16. The van der Waals surface area contributed by atoms with Gasteiger partial charge >= 0.3 is 0 Å². The minimum atomic E-state index is -0.0600. The quantitative estimate of drug-likeness (QED) is 0.656. The van der Waals surface area contributed by atoms with E-state index in [2.05, 4.69) is 30.4 Å². The van der Waals surface area contributed by atoms with E-state index in [9.17, 15) is 0 Å². The molecule has 0 radical (unpaired) electrons. The first kappa shape index (κ1) is 13.5. The van der Waals surface area contributed by atoms with Crippen molar-refractivity contribution in [3.63, 3.8) is 0 Å². The molecule has 2 rings (SSSR count). The molecule has 0 aromatic carbocycles. The van der Waals surface area contributed by atoms with Gasteiger partial charge in [-0.25, -0.2) is 5.43 Å². The monoisotopic (exact) mass is 284 g/mol. The van der Waals surface area contributed by atoms with Gasteiger partial charge in [-0.2, -0.15) is 5.10 Å². The van der Waals surface area contributed by atoms with Gasteiger partial charge in [0.2, 0.25) is 0 Å². The van der Waals surface area contributed by atoms with Crippen molar-refractivity contribution >= 4 is 22.9 Å². The maximum absolute atomic E-state index is 5.98. The molecule has 1 unspecified atom stereocenters. The van der Waals surface area contributed by atoms with Crippen LogP contribution in [0.5, 0.6) is 0 Å². The summed E-state index contributed by atoms with van der Waals surface area (Å²) in [5.41, 5.74) is 5.01. The van der Waals surface area contributed by atoms with Crippen LogP contribution in [0.3, 0.4) is 0 Å². The van der Waals surface area contributed by atoms with Crippen molar-refractivity contribution < 1.29 is 0 Å². The van der Waals surface area contributed by atoms with Gasteiger partial charge < -0.3 is 0 Å². The smallest absolute Gasteiger partial charge is 0.0970 e. The van der Waals surface area contributed by atoms with Gasteiger partial charge in [-0.1, -0.05) is 18.5 Å². The van der Waals surface area contributed by atoms with E-state index in [0.717, 1.165) is 33.6 Å². The zero-order valence-corrected chi connectivity index (χ0v) is 12.1. The van der Waals surface area contributed by atoms with Crippen LogP contribution in [0.1, 0.15) is 36.2 Å². The first-order valence-electron chi connectivity index (χ1n) is 5.97. The number of nitrogens with two attached hydrogens (primary N) is 1. The van der Waals surface area contributed by atoms with Gasteiger partial charge in [0.15, 0.2) is 0 Å². The van der Waals surface area contributed by atoms with Crippen LogP contribution >= 0.6 is 22.9 Å². The standard InChI is InChI=1S/C12H17ClN4S/c1-3-8-7-9(17(4-2)16-8)12(15-14)10-5-6-11(13)18-10/h5-7,12,15H,3-4,14H2,1-2H3. The summed E-state index contributed by atoms with van der Waals surface area (Å²) in [5, 5.41) is 4.54. The lowest BCUT2D eigenvalue weighted by Gasteiger charge is -2.15. The number of nitrogens with one attached hydrogen (secondary N) is 1. The first-order valence-corrected chi connectivity index (χ1v) is 7.17. The molecule has 0 amide bonds. The summed E-state index contributed by atoms with van der Waals surface area (Å²) in [4.78, 5) is 1.10. The maximum atomic E-state index is 5.98. The second kappa shape index (κ2) is 5.84. The van der Waals surface area contributed by atoms with Crippen LogP contribution in [0.25, 0.3) is 0 Å². The summed E-state index contributed by atoms with van der Waals surface area (Å²) in [6, 6.07) is 5.92. The lowest BCUT2D eigenvalue weighted by molar-refractivity contribution is 0.546. The second-order valence-corrected chi connectivity index (χ2v) is 5.72. The highest BCUT2D eigenvalue weighted by atomic mass is 35.5. The van der Waals surface area contributed by atoms with Crippen molar-refractivity contribution in [3.8, 4) is 0 Å². The molecule has 3 N–H and O–H groups in total. The number of thiophene rings is 1. The molecule has 18 heavy (non-hydrogen) atoms. The van der Waals surface area contributed by atoms with E-state index in [1.807, 2.05) is 16.8 Å². The molecule has 0 aliphatic rings. The number of aryl methyl sites for hydroxylation is 2. The predicted octanol–water partition coefficient (Wildman–Crippen LogP) is 2.73. The number of hydrogen-bond acceptors (Lipinski definition) is 4. The molecule has 0 spiro atoms. The Morgan fingerprint density at radius 1 is 1.50 bits per heavy atom. The van der Waals surface area contributed by atoms with Gasteiger partial charge in [-0.3, -0.25) is 10.5 Å². The summed E-state index contributed by atoms with van der Waals surface area (Å²) in [6.07, 6.45) is 0.919. The maximum Gasteiger partial charge on any atom is 0.0970 e. The Balaban J connectivity index is 2.40. The van der Waals surface area contributed by atoms with Gasteiger partial charge in [0.1, 0.15) is 0 Å². The van der Waals surface area contributed by atoms with Crippen molar-refractivity contribution in [2.45, 2.75) is 32.9 Å². The number of hydrazine groups is 1. The number of nitrogens with zero attached hydrogens (tertiary/aromatic N) is 2. The molecule has 0 aliphatic carbocycles. The lowest BCUT2D eigenvalue weighted by Crippen LogP contribution is -2.30. The molecule has 2 aromatic rings.